The minimum Gasteiger partial charge on any atom is -0.460 e. The van der Waals surface area contributed by atoms with Crippen LogP contribution in [0.3, 0.4) is 0 Å². The van der Waals surface area contributed by atoms with Crippen molar-refractivity contribution in [2.75, 3.05) is 0 Å². The van der Waals surface area contributed by atoms with Gasteiger partial charge in [0.15, 0.2) is 5.65 Å². The Morgan fingerprint density at radius 3 is 2.39 bits per heavy atom. The van der Waals surface area contributed by atoms with Gasteiger partial charge in [-0.05, 0) is 81.7 Å². The fraction of sp³-hybridized carbons (Fsp3) is 0.344. The van der Waals surface area contributed by atoms with E-state index in [9.17, 15) is 23.6 Å². The summed E-state index contributed by atoms with van der Waals surface area (Å²) in [5.41, 5.74) is 1.04. The maximum absolute atomic E-state index is 14.3. The van der Waals surface area contributed by atoms with Crippen LogP contribution in [0.4, 0.5) is 4.39 Å². The van der Waals surface area contributed by atoms with Crippen molar-refractivity contribution in [2.24, 2.45) is 5.92 Å². The fourth-order valence-corrected chi connectivity index (χ4v) is 5.54. The first-order valence-corrected chi connectivity index (χ1v) is 13.7. The number of pyridine rings is 1. The molecule has 2 aromatic heterocycles. The first-order chi connectivity index (χ1) is 19.5. The van der Waals surface area contributed by atoms with Gasteiger partial charge in [-0.3, -0.25) is 19.0 Å². The Balaban J connectivity index is 1.53. The molecule has 1 aliphatic carbocycles. The number of carbonyl (C=O) groups is 2. The minimum absolute atomic E-state index is 0.0150. The summed E-state index contributed by atoms with van der Waals surface area (Å²) in [7, 11) is 0. The third kappa shape index (κ3) is 6.04. The number of aromatic nitrogens is 3. The van der Waals surface area contributed by atoms with E-state index in [1.165, 1.54) is 9.13 Å². The normalized spacial score (nSPS) is 17.4. The molecule has 0 atom stereocenters. The molecule has 0 spiro atoms. The Bertz CT molecular complexity index is 1730. The van der Waals surface area contributed by atoms with Gasteiger partial charge < -0.3 is 4.74 Å². The summed E-state index contributed by atoms with van der Waals surface area (Å²) >= 11 is 0. The third-order valence-electron chi connectivity index (χ3n) is 7.43. The van der Waals surface area contributed by atoms with E-state index in [0.717, 1.165) is 29.7 Å². The van der Waals surface area contributed by atoms with Gasteiger partial charge in [-0.2, -0.15) is 0 Å². The van der Waals surface area contributed by atoms with E-state index in [2.05, 4.69) is 4.98 Å². The zero-order valence-electron chi connectivity index (χ0n) is 23.3. The molecule has 41 heavy (non-hydrogen) atoms. The molecule has 0 saturated heterocycles. The number of ether oxygens (including phenoxy) is 1. The fourth-order valence-electron chi connectivity index (χ4n) is 5.54. The standard InChI is InChI=1S/C32H32FN3O5/c1-32(2,3)41-28(38)15-20-9-13-25(14-10-20)36-30(39)27-17-24(33)18-34-29(27)35(31(36)40)26-6-4-5-23(16-26)22-11-7-21(19-37)8-12-22/h4-8,11-12,16-20,25H,9-10,13-15H2,1-3H3. The Labute approximate surface area is 236 Å². The van der Waals surface area contributed by atoms with Gasteiger partial charge in [-0.15, -0.1) is 0 Å². The Morgan fingerprint density at radius 1 is 1.02 bits per heavy atom. The lowest BCUT2D eigenvalue weighted by Gasteiger charge is -2.30. The van der Waals surface area contributed by atoms with Crippen LogP contribution < -0.4 is 11.2 Å². The average molecular weight is 558 g/mol. The van der Waals surface area contributed by atoms with Crippen LogP contribution in [0, 0.1) is 11.7 Å². The van der Waals surface area contributed by atoms with Crippen LogP contribution in [0.25, 0.3) is 27.8 Å². The summed E-state index contributed by atoms with van der Waals surface area (Å²) in [6.07, 6.45) is 4.41. The van der Waals surface area contributed by atoms with Crippen molar-refractivity contribution in [3.63, 3.8) is 0 Å². The van der Waals surface area contributed by atoms with Crippen LogP contribution in [0.2, 0.25) is 0 Å². The molecule has 5 rings (SSSR count). The topological polar surface area (TPSA) is 100 Å². The van der Waals surface area contributed by atoms with Gasteiger partial charge in [0.2, 0.25) is 0 Å². The van der Waals surface area contributed by atoms with E-state index >= 15 is 0 Å². The molecule has 2 aromatic carbocycles. The highest BCUT2D eigenvalue weighted by Gasteiger charge is 2.29. The lowest BCUT2D eigenvalue weighted by Crippen LogP contribution is -2.43. The molecule has 1 fully saturated rings. The van der Waals surface area contributed by atoms with Crippen LogP contribution in [0.15, 0.2) is 70.4 Å². The van der Waals surface area contributed by atoms with Crippen LogP contribution in [-0.2, 0) is 9.53 Å². The highest BCUT2D eigenvalue weighted by Crippen LogP contribution is 2.33. The molecule has 8 nitrogen and oxygen atoms in total. The van der Waals surface area contributed by atoms with Crippen LogP contribution in [0.1, 0.15) is 69.3 Å². The predicted molar refractivity (Wildman–Crippen MR) is 154 cm³/mol. The number of esters is 1. The summed E-state index contributed by atoms with van der Waals surface area (Å²) in [5, 5.41) is 0.0150. The van der Waals surface area contributed by atoms with Crippen molar-refractivity contribution in [3.8, 4) is 16.8 Å². The molecule has 1 saturated carbocycles. The first kappa shape index (κ1) is 28.1. The predicted octanol–water partition coefficient (Wildman–Crippen LogP) is 5.63. The number of rotatable bonds is 6. The van der Waals surface area contributed by atoms with E-state index in [0.29, 0.717) is 36.9 Å². The quantitative estimate of drug-likeness (QED) is 0.225. The van der Waals surface area contributed by atoms with Crippen molar-refractivity contribution in [1.82, 2.24) is 14.1 Å². The number of hydrogen-bond acceptors (Lipinski definition) is 6. The van der Waals surface area contributed by atoms with E-state index in [4.69, 9.17) is 4.74 Å². The largest absolute Gasteiger partial charge is 0.460 e. The number of aldehydes is 1. The number of hydrogen-bond donors (Lipinski definition) is 0. The number of fused-ring (bicyclic) bond motifs is 1. The van der Waals surface area contributed by atoms with Crippen molar-refractivity contribution >= 4 is 23.3 Å². The van der Waals surface area contributed by atoms with E-state index in [1.807, 2.05) is 39.0 Å². The molecule has 0 amide bonds. The molecular formula is C32H32FN3O5. The molecule has 4 aromatic rings. The number of carbonyl (C=O) groups excluding carboxylic acids is 2. The van der Waals surface area contributed by atoms with Gasteiger partial charge in [-0.25, -0.2) is 18.7 Å². The molecule has 0 aliphatic heterocycles. The Kier molecular flexibility index (Phi) is 7.71. The van der Waals surface area contributed by atoms with Crippen LogP contribution >= 0.6 is 0 Å². The Morgan fingerprint density at radius 2 is 1.73 bits per heavy atom. The smallest absolute Gasteiger partial charge is 0.337 e. The zero-order chi connectivity index (χ0) is 29.3. The molecule has 0 bridgehead atoms. The molecule has 0 unspecified atom stereocenters. The summed E-state index contributed by atoms with van der Waals surface area (Å²) in [5.74, 6) is -0.828. The third-order valence-corrected chi connectivity index (χ3v) is 7.43. The second-order valence-electron chi connectivity index (χ2n) is 11.6. The van der Waals surface area contributed by atoms with Crippen molar-refractivity contribution < 1.29 is 18.7 Å². The summed E-state index contributed by atoms with van der Waals surface area (Å²) in [4.78, 5) is 55.2. The molecule has 9 heteroatoms. The molecule has 212 valence electrons. The Hall–Kier alpha value is -4.40. The molecular weight excluding hydrogens is 525 g/mol. The van der Waals surface area contributed by atoms with Crippen LogP contribution in [-0.4, -0.2) is 32.0 Å². The number of nitrogens with zero attached hydrogens (tertiary/aromatic N) is 3. The second kappa shape index (κ2) is 11.2. The lowest BCUT2D eigenvalue weighted by atomic mass is 9.84. The maximum Gasteiger partial charge on any atom is 0.337 e. The minimum atomic E-state index is -0.670. The average Bonchev–Trinajstić information content (AvgIpc) is 2.93. The van der Waals surface area contributed by atoms with E-state index < -0.39 is 28.7 Å². The monoisotopic (exact) mass is 557 g/mol. The van der Waals surface area contributed by atoms with Crippen molar-refractivity contribution in [2.45, 2.75) is 64.5 Å². The van der Waals surface area contributed by atoms with Gasteiger partial charge in [0.1, 0.15) is 17.7 Å². The first-order valence-electron chi connectivity index (χ1n) is 13.7. The zero-order valence-corrected chi connectivity index (χ0v) is 23.3. The SMILES string of the molecule is CC(C)(C)OC(=O)CC1CCC(n2c(=O)c3cc(F)cnc3n(-c3cccc(-c4ccc(C=O)cc4)c3)c2=O)CC1. The molecule has 1 aliphatic rings. The van der Waals surface area contributed by atoms with Gasteiger partial charge >= 0.3 is 11.7 Å². The number of halogens is 1. The van der Waals surface area contributed by atoms with Gasteiger partial charge in [0.05, 0.1) is 17.3 Å². The highest BCUT2D eigenvalue weighted by atomic mass is 19.1. The van der Waals surface area contributed by atoms with Gasteiger partial charge in [0.25, 0.3) is 5.56 Å². The van der Waals surface area contributed by atoms with E-state index in [-0.39, 0.29) is 29.3 Å². The van der Waals surface area contributed by atoms with Crippen molar-refractivity contribution in [3.05, 3.63) is 93.0 Å². The molecule has 2 heterocycles. The summed E-state index contributed by atoms with van der Waals surface area (Å²) < 4.78 is 22.3. The molecule has 0 N–H and O–H groups in total. The van der Waals surface area contributed by atoms with Gasteiger partial charge in [0, 0.05) is 18.0 Å². The van der Waals surface area contributed by atoms with Gasteiger partial charge in [-0.1, -0.05) is 36.4 Å². The van der Waals surface area contributed by atoms with Crippen LogP contribution in [0.5, 0.6) is 0 Å². The highest BCUT2D eigenvalue weighted by molar-refractivity contribution is 5.78. The number of benzene rings is 2. The maximum atomic E-state index is 14.3. The second-order valence-corrected chi connectivity index (χ2v) is 11.6. The van der Waals surface area contributed by atoms with E-state index in [1.54, 1.807) is 30.3 Å². The van der Waals surface area contributed by atoms with Crippen molar-refractivity contribution in [1.29, 1.82) is 0 Å². The summed E-state index contributed by atoms with van der Waals surface area (Å²) in [6, 6.07) is 15.0. The molecule has 0 radical (unpaired) electrons. The lowest BCUT2D eigenvalue weighted by molar-refractivity contribution is -0.156. The summed E-state index contributed by atoms with van der Waals surface area (Å²) in [6.45, 7) is 5.49.